The second kappa shape index (κ2) is 2.76. The molecule has 0 atom stereocenters. The summed E-state index contributed by atoms with van der Waals surface area (Å²) in [5.41, 5.74) is 6.11. The molecule has 1 aliphatic heterocycles. The summed E-state index contributed by atoms with van der Waals surface area (Å²) in [5.74, 6) is 0.444. The Morgan fingerprint density at radius 1 is 1.62 bits per heavy atom. The van der Waals surface area contributed by atoms with Gasteiger partial charge < -0.3 is 10.6 Å². The first-order chi connectivity index (χ1) is 6.22. The molecule has 1 amide bonds. The number of rotatable bonds is 1. The number of carbonyl (C=O) groups excluding carboxylic acids is 1. The van der Waals surface area contributed by atoms with Crippen LogP contribution in [-0.4, -0.2) is 33.7 Å². The minimum atomic E-state index is 0.0259. The number of anilines is 1. The monoisotopic (exact) mass is 180 g/mol. The second-order valence-electron chi connectivity index (χ2n) is 3.06. The molecule has 0 saturated heterocycles. The lowest BCUT2D eigenvalue weighted by Crippen LogP contribution is -2.40. The fourth-order valence-electron chi connectivity index (χ4n) is 1.56. The highest BCUT2D eigenvalue weighted by Crippen LogP contribution is 2.13. The van der Waals surface area contributed by atoms with Crippen LogP contribution in [0.15, 0.2) is 6.07 Å². The van der Waals surface area contributed by atoms with E-state index in [2.05, 4.69) is 5.10 Å². The van der Waals surface area contributed by atoms with Gasteiger partial charge in [0, 0.05) is 19.2 Å². The van der Waals surface area contributed by atoms with Crippen LogP contribution in [0.4, 0.5) is 5.82 Å². The first-order valence-electron chi connectivity index (χ1n) is 4.35. The number of hydrogen-bond acceptors (Lipinski definition) is 3. The van der Waals surface area contributed by atoms with E-state index in [4.69, 9.17) is 5.73 Å². The van der Waals surface area contributed by atoms with Crippen molar-refractivity contribution in [1.82, 2.24) is 14.7 Å². The highest BCUT2D eigenvalue weighted by Gasteiger charge is 2.24. The number of amides is 1. The number of hydrogen-bond donors (Lipinski definition) is 1. The number of aromatic nitrogens is 2. The highest BCUT2D eigenvalue weighted by molar-refractivity contribution is 5.93. The molecule has 0 aliphatic carbocycles. The van der Waals surface area contributed by atoms with Crippen LogP contribution in [-0.2, 0) is 6.54 Å². The molecule has 0 aromatic carbocycles. The van der Waals surface area contributed by atoms with Crippen molar-refractivity contribution in [2.45, 2.75) is 13.5 Å². The largest absolute Gasteiger partial charge is 0.382 e. The van der Waals surface area contributed by atoms with E-state index >= 15 is 0 Å². The molecule has 0 fully saturated rings. The summed E-state index contributed by atoms with van der Waals surface area (Å²) in [7, 11) is 0. The van der Waals surface area contributed by atoms with Gasteiger partial charge in [-0.2, -0.15) is 5.10 Å². The average Bonchev–Trinajstić information content (AvgIpc) is 2.47. The zero-order chi connectivity index (χ0) is 9.42. The maximum atomic E-state index is 11.7. The van der Waals surface area contributed by atoms with Crippen molar-refractivity contribution in [2.24, 2.45) is 0 Å². The van der Waals surface area contributed by atoms with Crippen molar-refractivity contribution < 1.29 is 4.79 Å². The number of nitrogen functional groups attached to an aromatic ring is 1. The smallest absolute Gasteiger partial charge is 0.272 e. The van der Waals surface area contributed by atoms with Crippen molar-refractivity contribution in [2.75, 3.05) is 18.8 Å². The van der Waals surface area contributed by atoms with Crippen molar-refractivity contribution in [3.05, 3.63) is 11.8 Å². The molecule has 2 N–H and O–H groups in total. The van der Waals surface area contributed by atoms with E-state index in [-0.39, 0.29) is 5.91 Å². The van der Waals surface area contributed by atoms with Crippen molar-refractivity contribution in [1.29, 1.82) is 0 Å². The Morgan fingerprint density at radius 2 is 2.38 bits per heavy atom. The molecule has 5 heteroatoms. The number of likely N-dealkylation sites (N-methyl/N-ethyl adjacent to an activating group) is 1. The average molecular weight is 180 g/mol. The summed E-state index contributed by atoms with van der Waals surface area (Å²) in [6, 6.07) is 1.63. The van der Waals surface area contributed by atoms with Crippen LogP contribution in [0.5, 0.6) is 0 Å². The summed E-state index contributed by atoms with van der Waals surface area (Å²) in [6.45, 7) is 4.17. The Labute approximate surface area is 76.1 Å². The molecular weight excluding hydrogens is 168 g/mol. The lowest BCUT2D eigenvalue weighted by molar-refractivity contribution is 0.0708. The number of fused-ring (bicyclic) bond motifs is 1. The molecular formula is C8H12N4O. The van der Waals surface area contributed by atoms with E-state index in [0.29, 0.717) is 11.5 Å². The summed E-state index contributed by atoms with van der Waals surface area (Å²) in [4.78, 5) is 13.5. The first kappa shape index (κ1) is 8.10. The third-order valence-corrected chi connectivity index (χ3v) is 2.27. The third kappa shape index (κ3) is 1.16. The molecule has 2 rings (SSSR count). The summed E-state index contributed by atoms with van der Waals surface area (Å²) < 4.78 is 1.67. The van der Waals surface area contributed by atoms with E-state index in [1.54, 1.807) is 15.6 Å². The highest BCUT2D eigenvalue weighted by atomic mass is 16.2. The fourth-order valence-corrected chi connectivity index (χ4v) is 1.56. The molecule has 0 unspecified atom stereocenters. The Morgan fingerprint density at radius 3 is 3.08 bits per heavy atom. The van der Waals surface area contributed by atoms with Gasteiger partial charge in [0.05, 0.1) is 6.54 Å². The van der Waals surface area contributed by atoms with E-state index in [0.717, 1.165) is 19.6 Å². The standard InChI is InChI=1S/C8H12N4O/c1-2-11-3-4-12-6(8(11)13)5-7(9)10-12/h5H,2-4H2,1H3,(H2,9,10). The Kier molecular flexibility index (Phi) is 1.72. The first-order valence-corrected chi connectivity index (χ1v) is 4.35. The quantitative estimate of drug-likeness (QED) is 0.658. The molecule has 1 aromatic rings. The minimum absolute atomic E-state index is 0.0259. The maximum absolute atomic E-state index is 11.7. The lowest BCUT2D eigenvalue weighted by atomic mass is 10.3. The Balaban J connectivity index is 2.38. The van der Waals surface area contributed by atoms with Gasteiger partial charge in [-0.25, -0.2) is 0 Å². The molecule has 0 spiro atoms. The van der Waals surface area contributed by atoms with Crippen LogP contribution >= 0.6 is 0 Å². The normalized spacial score (nSPS) is 16.1. The minimum Gasteiger partial charge on any atom is -0.382 e. The molecule has 13 heavy (non-hydrogen) atoms. The number of carbonyl (C=O) groups is 1. The van der Waals surface area contributed by atoms with Crippen LogP contribution < -0.4 is 5.73 Å². The van der Waals surface area contributed by atoms with E-state index in [1.165, 1.54) is 0 Å². The zero-order valence-corrected chi connectivity index (χ0v) is 7.53. The third-order valence-electron chi connectivity index (χ3n) is 2.27. The van der Waals surface area contributed by atoms with Gasteiger partial charge in [0.25, 0.3) is 5.91 Å². The summed E-state index contributed by atoms with van der Waals surface area (Å²) in [5, 5.41) is 4.02. The maximum Gasteiger partial charge on any atom is 0.272 e. The van der Waals surface area contributed by atoms with Gasteiger partial charge in [-0.05, 0) is 6.92 Å². The predicted molar refractivity (Wildman–Crippen MR) is 48.2 cm³/mol. The Hall–Kier alpha value is -1.52. The zero-order valence-electron chi connectivity index (χ0n) is 7.53. The number of nitrogens with zero attached hydrogens (tertiary/aromatic N) is 3. The van der Waals surface area contributed by atoms with Crippen molar-refractivity contribution >= 4 is 11.7 Å². The lowest BCUT2D eigenvalue weighted by Gasteiger charge is -2.25. The van der Waals surface area contributed by atoms with E-state index in [9.17, 15) is 4.79 Å². The van der Waals surface area contributed by atoms with E-state index < -0.39 is 0 Å². The van der Waals surface area contributed by atoms with Crippen LogP contribution in [0.1, 0.15) is 17.4 Å². The van der Waals surface area contributed by atoms with Gasteiger partial charge in [0.2, 0.25) is 0 Å². The van der Waals surface area contributed by atoms with Crippen molar-refractivity contribution in [3.8, 4) is 0 Å². The van der Waals surface area contributed by atoms with Crippen molar-refractivity contribution in [3.63, 3.8) is 0 Å². The summed E-state index contributed by atoms with van der Waals surface area (Å²) >= 11 is 0. The molecule has 0 saturated carbocycles. The Bertz CT molecular complexity index is 344. The molecule has 1 aromatic heterocycles. The summed E-state index contributed by atoms with van der Waals surface area (Å²) in [6.07, 6.45) is 0. The molecule has 2 heterocycles. The fraction of sp³-hybridized carbons (Fsp3) is 0.500. The van der Waals surface area contributed by atoms with Gasteiger partial charge in [0.1, 0.15) is 11.5 Å². The topological polar surface area (TPSA) is 64.2 Å². The molecule has 70 valence electrons. The second-order valence-corrected chi connectivity index (χ2v) is 3.06. The van der Waals surface area contributed by atoms with Gasteiger partial charge >= 0.3 is 0 Å². The SMILES string of the molecule is CCN1CCn2nc(N)cc2C1=O. The van der Waals surface area contributed by atoms with Gasteiger partial charge in [-0.1, -0.05) is 0 Å². The predicted octanol–water partition coefficient (Wildman–Crippen LogP) is -0.0590. The number of nitrogens with two attached hydrogens (primary N) is 1. The van der Waals surface area contributed by atoms with E-state index in [1.807, 2.05) is 6.92 Å². The van der Waals surface area contributed by atoms with Gasteiger partial charge in [-0.3, -0.25) is 9.48 Å². The van der Waals surface area contributed by atoms with Crippen LogP contribution in [0.2, 0.25) is 0 Å². The van der Waals surface area contributed by atoms with Gasteiger partial charge in [0.15, 0.2) is 0 Å². The van der Waals surface area contributed by atoms with Crippen LogP contribution in [0.25, 0.3) is 0 Å². The molecule has 5 nitrogen and oxygen atoms in total. The molecule has 0 bridgehead atoms. The van der Waals surface area contributed by atoms with Gasteiger partial charge in [-0.15, -0.1) is 0 Å². The molecule has 0 radical (unpaired) electrons. The van der Waals surface area contributed by atoms with Crippen LogP contribution in [0.3, 0.4) is 0 Å². The molecule has 1 aliphatic rings. The van der Waals surface area contributed by atoms with Crippen LogP contribution in [0, 0.1) is 0 Å².